The molecule has 0 atom stereocenters. The van der Waals surface area contributed by atoms with Gasteiger partial charge in [0.25, 0.3) is 11.8 Å². The summed E-state index contributed by atoms with van der Waals surface area (Å²) in [5.74, 6) is -0.827. The lowest BCUT2D eigenvalue weighted by molar-refractivity contribution is 0.100. The van der Waals surface area contributed by atoms with Gasteiger partial charge in [0, 0.05) is 10.4 Å². The highest BCUT2D eigenvalue weighted by Gasteiger charge is 2.17. The first-order valence-corrected chi connectivity index (χ1v) is 8.23. The standard InChI is InChI=1S/C19H16N2O2S/c1-12-7-9-14(10-8-12)18(23)21-19-15(17(20)22)11-16(24-19)13-5-3-2-4-6-13/h2-11H,1H3,(H2,20,22)(H,21,23). The summed E-state index contributed by atoms with van der Waals surface area (Å²) in [6.45, 7) is 1.96. The van der Waals surface area contributed by atoms with Gasteiger partial charge in [-0.1, -0.05) is 48.0 Å². The van der Waals surface area contributed by atoms with Gasteiger partial charge in [-0.25, -0.2) is 0 Å². The monoisotopic (exact) mass is 336 g/mol. The molecular formula is C19H16N2O2S. The summed E-state index contributed by atoms with van der Waals surface area (Å²) >= 11 is 1.33. The molecule has 3 rings (SSSR count). The van der Waals surface area contributed by atoms with Crippen LogP contribution in [0.25, 0.3) is 10.4 Å². The van der Waals surface area contributed by atoms with Crippen molar-refractivity contribution in [3.63, 3.8) is 0 Å². The molecule has 0 aliphatic heterocycles. The quantitative estimate of drug-likeness (QED) is 0.753. The summed E-state index contributed by atoms with van der Waals surface area (Å²) in [6, 6.07) is 18.6. The van der Waals surface area contributed by atoms with Crippen LogP contribution < -0.4 is 11.1 Å². The SMILES string of the molecule is Cc1ccc(C(=O)Nc2sc(-c3ccccc3)cc2C(N)=O)cc1. The van der Waals surface area contributed by atoms with Gasteiger partial charge >= 0.3 is 0 Å². The van der Waals surface area contributed by atoms with Crippen molar-refractivity contribution in [2.24, 2.45) is 5.73 Å². The Kier molecular flexibility index (Phi) is 4.44. The summed E-state index contributed by atoms with van der Waals surface area (Å²) in [5.41, 5.74) is 8.36. The van der Waals surface area contributed by atoms with Crippen LogP contribution in [-0.2, 0) is 0 Å². The number of hydrogen-bond acceptors (Lipinski definition) is 3. The number of carbonyl (C=O) groups is 2. The van der Waals surface area contributed by atoms with E-state index >= 15 is 0 Å². The zero-order valence-corrected chi connectivity index (χ0v) is 13.9. The van der Waals surface area contributed by atoms with Crippen molar-refractivity contribution in [1.82, 2.24) is 0 Å². The Labute approximate surface area is 143 Å². The molecule has 2 amide bonds. The topological polar surface area (TPSA) is 72.2 Å². The lowest BCUT2D eigenvalue weighted by Crippen LogP contribution is -2.16. The van der Waals surface area contributed by atoms with E-state index in [4.69, 9.17) is 5.73 Å². The van der Waals surface area contributed by atoms with Crippen LogP contribution in [0.4, 0.5) is 5.00 Å². The van der Waals surface area contributed by atoms with Gasteiger partial charge < -0.3 is 11.1 Å². The molecule has 120 valence electrons. The summed E-state index contributed by atoms with van der Waals surface area (Å²) in [4.78, 5) is 25.0. The number of nitrogens with two attached hydrogens (primary N) is 1. The molecule has 3 aromatic rings. The van der Waals surface area contributed by atoms with E-state index < -0.39 is 5.91 Å². The Bertz CT molecular complexity index is 883. The average Bonchev–Trinajstić information content (AvgIpc) is 3.00. The summed E-state index contributed by atoms with van der Waals surface area (Å²) in [5, 5.41) is 3.26. The second kappa shape index (κ2) is 6.68. The third kappa shape index (κ3) is 3.36. The lowest BCUT2D eigenvalue weighted by atomic mass is 10.1. The fourth-order valence-corrected chi connectivity index (χ4v) is 3.36. The highest BCUT2D eigenvalue weighted by Crippen LogP contribution is 2.35. The van der Waals surface area contributed by atoms with Gasteiger partial charge in [0.05, 0.1) is 5.56 Å². The number of benzene rings is 2. The van der Waals surface area contributed by atoms with E-state index in [1.54, 1.807) is 18.2 Å². The average molecular weight is 336 g/mol. The van der Waals surface area contributed by atoms with Crippen LogP contribution in [0, 0.1) is 6.92 Å². The molecule has 3 N–H and O–H groups in total. The van der Waals surface area contributed by atoms with E-state index in [-0.39, 0.29) is 5.91 Å². The predicted molar refractivity (Wildman–Crippen MR) is 97.4 cm³/mol. The first-order chi connectivity index (χ1) is 11.5. The molecule has 2 aromatic carbocycles. The molecule has 0 aliphatic rings. The molecule has 5 heteroatoms. The number of anilines is 1. The van der Waals surface area contributed by atoms with E-state index in [2.05, 4.69) is 5.32 Å². The van der Waals surface area contributed by atoms with Crippen molar-refractivity contribution in [3.05, 3.63) is 77.4 Å². The number of carbonyl (C=O) groups excluding carboxylic acids is 2. The van der Waals surface area contributed by atoms with Gasteiger partial charge in [-0.3, -0.25) is 9.59 Å². The van der Waals surface area contributed by atoms with Crippen LogP contribution in [0.15, 0.2) is 60.7 Å². The molecule has 0 saturated carbocycles. The molecule has 0 unspecified atom stereocenters. The Morgan fingerprint density at radius 2 is 1.67 bits per heavy atom. The smallest absolute Gasteiger partial charge is 0.256 e. The molecule has 1 heterocycles. The number of rotatable bonds is 4. The number of amides is 2. The zero-order valence-electron chi connectivity index (χ0n) is 13.1. The maximum absolute atomic E-state index is 12.4. The van der Waals surface area contributed by atoms with Crippen molar-refractivity contribution in [3.8, 4) is 10.4 Å². The van der Waals surface area contributed by atoms with Crippen LogP contribution in [0.5, 0.6) is 0 Å². The first kappa shape index (κ1) is 16.0. The number of primary amides is 1. The molecule has 0 bridgehead atoms. The van der Waals surface area contributed by atoms with Crippen molar-refractivity contribution >= 4 is 28.2 Å². The fraction of sp³-hybridized carbons (Fsp3) is 0.0526. The lowest BCUT2D eigenvalue weighted by Gasteiger charge is -2.05. The van der Waals surface area contributed by atoms with Gasteiger partial charge in [0.15, 0.2) is 0 Å². The molecule has 1 aromatic heterocycles. The minimum absolute atomic E-state index is 0.265. The minimum Gasteiger partial charge on any atom is -0.366 e. The summed E-state index contributed by atoms with van der Waals surface area (Å²) < 4.78 is 0. The molecule has 0 spiro atoms. The molecule has 0 radical (unpaired) electrons. The molecule has 0 saturated heterocycles. The Hall–Kier alpha value is -2.92. The second-order valence-electron chi connectivity index (χ2n) is 5.40. The molecule has 24 heavy (non-hydrogen) atoms. The summed E-state index contributed by atoms with van der Waals surface area (Å²) in [6.07, 6.45) is 0. The van der Waals surface area contributed by atoms with Crippen molar-refractivity contribution in [1.29, 1.82) is 0 Å². The van der Waals surface area contributed by atoms with E-state index in [0.29, 0.717) is 16.1 Å². The fourth-order valence-electron chi connectivity index (χ4n) is 2.29. The van der Waals surface area contributed by atoms with Crippen molar-refractivity contribution in [2.45, 2.75) is 6.92 Å². The Morgan fingerprint density at radius 3 is 2.29 bits per heavy atom. The van der Waals surface area contributed by atoms with Crippen molar-refractivity contribution in [2.75, 3.05) is 5.32 Å². The Morgan fingerprint density at radius 1 is 1.00 bits per heavy atom. The van der Waals surface area contributed by atoms with Crippen LogP contribution in [0.2, 0.25) is 0 Å². The second-order valence-corrected chi connectivity index (χ2v) is 6.46. The van der Waals surface area contributed by atoms with Crippen LogP contribution in [-0.4, -0.2) is 11.8 Å². The first-order valence-electron chi connectivity index (χ1n) is 7.41. The number of hydrogen-bond donors (Lipinski definition) is 2. The van der Waals surface area contributed by atoms with Crippen LogP contribution in [0.1, 0.15) is 26.3 Å². The number of thiophene rings is 1. The third-order valence-electron chi connectivity index (χ3n) is 3.60. The third-order valence-corrected chi connectivity index (χ3v) is 4.70. The molecule has 4 nitrogen and oxygen atoms in total. The van der Waals surface area contributed by atoms with Crippen LogP contribution >= 0.6 is 11.3 Å². The molecule has 0 aliphatic carbocycles. The van der Waals surface area contributed by atoms with E-state index in [1.165, 1.54) is 11.3 Å². The predicted octanol–water partition coefficient (Wildman–Crippen LogP) is 4.07. The normalized spacial score (nSPS) is 10.4. The minimum atomic E-state index is -0.562. The van der Waals surface area contributed by atoms with E-state index in [9.17, 15) is 9.59 Å². The van der Waals surface area contributed by atoms with E-state index in [1.807, 2.05) is 49.4 Å². The van der Waals surface area contributed by atoms with Gasteiger partial charge in [-0.15, -0.1) is 11.3 Å². The molecular weight excluding hydrogens is 320 g/mol. The zero-order chi connectivity index (χ0) is 17.1. The largest absolute Gasteiger partial charge is 0.366 e. The van der Waals surface area contributed by atoms with E-state index in [0.717, 1.165) is 16.0 Å². The highest BCUT2D eigenvalue weighted by molar-refractivity contribution is 7.20. The van der Waals surface area contributed by atoms with Crippen LogP contribution in [0.3, 0.4) is 0 Å². The number of nitrogens with one attached hydrogen (secondary N) is 1. The van der Waals surface area contributed by atoms with Gasteiger partial charge in [0.1, 0.15) is 5.00 Å². The van der Waals surface area contributed by atoms with Gasteiger partial charge in [0.2, 0.25) is 0 Å². The molecule has 0 fully saturated rings. The van der Waals surface area contributed by atoms with Crippen molar-refractivity contribution < 1.29 is 9.59 Å². The van der Waals surface area contributed by atoms with Gasteiger partial charge in [-0.05, 0) is 30.7 Å². The van der Waals surface area contributed by atoms with Gasteiger partial charge in [-0.2, -0.15) is 0 Å². The Balaban J connectivity index is 1.92. The highest BCUT2D eigenvalue weighted by atomic mass is 32.1. The number of aryl methyl sites for hydroxylation is 1. The maximum atomic E-state index is 12.4. The summed E-state index contributed by atoms with van der Waals surface area (Å²) in [7, 11) is 0. The maximum Gasteiger partial charge on any atom is 0.256 e.